The number of thioether (sulfide) groups is 1. The molecule has 1 aliphatic rings. The van der Waals surface area contributed by atoms with E-state index in [0.29, 0.717) is 12.3 Å². The first-order valence-corrected chi connectivity index (χ1v) is 9.14. The van der Waals surface area contributed by atoms with Gasteiger partial charge in [0.15, 0.2) is 0 Å². The van der Waals surface area contributed by atoms with Gasteiger partial charge in [0.05, 0.1) is 10.4 Å². The van der Waals surface area contributed by atoms with Crippen LogP contribution in [-0.2, 0) is 16.1 Å². The second-order valence-corrected chi connectivity index (χ2v) is 8.30. The minimum absolute atomic E-state index is 0.0625. The molecule has 1 fully saturated rings. The normalized spacial score (nSPS) is 19.3. The highest BCUT2D eigenvalue weighted by molar-refractivity contribution is 8.01. The van der Waals surface area contributed by atoms with Crippen molar-refractivity contribution in [1.82, 2.24) is 20.0 Å². The summed E-state index contributed by atoms with van der Waals surface area (Å²) in [5.41, 5.74) is 2.00. The van der Waals surface area contributed by atoms with Crippen molar-refractivity contribution in [2.24, 2.45) is 0 Å². The monoisotopic (exact) mass is 358 g/mol. The Kier molecular flexibility index (Phi) is 4.85. The fourth-order valence-electron chi connectivity index (χ4n) is 2.66. The van der Waals surface area contributed by atoms with Crippen molar-refractivity contribution >= 4 is 23.6 Å². The lowest BCUT2D eigenvalue weighted by molar-refractivity contribution is -0.136. The molecule has 7 heteroatoms. The van der Waals surface area contributed by atoms with Crippen molar-refractivity contribution in [2.75, 3.05) is 12.8 Å². The third-order valence-electron chi connectivity index (χ3n) is 4.26. The maximum atomic E-state index is 12.6. The number of aromatic nitrogens is 2. The van der Waals surface area contributed by atoms with Crippen molar-refractivity contribution in [2.45, 2.75) is 31.2 Å². The average molecular weight is 358 g/mol. The molecule has 25 heavy (non-hydrogen) atoms. The van der Waals surface area contributed by atoms with Crippen LogP contribution in [0.3, 0.4) is 0 Å². The summed E-state index contributed by atoms with van der Waals surface area (Å²) in [6.07, 6.45) is 3.62. The van der Waals surface area contributed by atoms with Crippen LogP contribution in [0.15, 0.2) is 42.7 Å². The highest BCUT2D eigenvalue weighted by atomic mass is 32.2. The molecule has 0 bridgehead atoms. The van der Waals surface area contributed by atoms with Gasteiger partial charge in [-0.2, -0.15) is 5.10 Å². The molecule has 0 saturated carbocycles. The minimum atomic E-state index is -0.475. The van der Waals surface area contributed by atoms with E-state index < -0.39 is 10.8 Å². The molecule has 0 aliphatic carbocycles. The van der Waals surface area contributed by atoms with E-state index in [0.717, 1.165) is 11.3 Å². The number of nitrogens with zero attached hydrogens (tertiary/aromatic N) is 3. The van der Waals surface area contributed by atoms with Crippen LogP contribution in [0.4, 0.5) is 0 Å². The summed E-state index contributed by atoms with van der Waals surface area (Å²) in [6.45, 7) is 4.25. The smallest absolute Gasteiger partial charge is 0.246 e. The standard InChI is InChI=1S/C18H22N4O2S/c1-18(2)17(24)20-15(12-25-18)16(23)21(3)11-13-5-7-14(8-6-13)22-10-4-9-19-22/h4-10,15H,11-12H2,1-3H3,(H,20,24). The first-order chi connectivity index (χ1) is 11.9. The summed E-state index contributed by atoms with van der Waals surface area (Å²) in [6, 6.07) is 9.33. The lowest BCUT2D eigenvalue weighted by Crippen LogP contribution is -2.57. The number of hydrogen-bond donors (Lipinski definition) is 1. The largest absolute Gasteiger partial charge is 0.342 e. The molecule has 1 atom stereocenters. The molecule has 1 N–H and O–H groups in total. The maximum Gasteiger partial charge on any atom is 0.246 e. The van der Waals surface area contributed by atoms with Crippen LogP contribution in [0, 0.1) is 0 Å². The molecular formula is C18H22N4O2S. The van der Waals surface area contributed by atoms with Crippen molar-refractivity contribution in [1.29, 1.82) is 0 Å². The summed E-state index contributed by atoms with van der Waals surface area (Å²) in [5, 5.41) is 7.03. The van der Waals surface area contributed by atoms with E-state index in [4.69, 9.17) is 0 Å². The second-order valence-electron chi connectivity index (χ2n) is 6.66. The summed E-state index contributed by atoms with van der Waals surface area (Å²) in [5.74, 6) is 0.451. The molecule has 0 spiro atoms. The van der Waals surface area contributed by atoms with Crippen molar-refractivity contribution in [3.05, 3.63) is 48.3 Å². The van der Waals surface area contributed by atoms with Gasteiger partial charge in [0.2, 0.25) is 11.8 Å². The predicted octanol–water partition coefficient (Wildman–Crippen LogP) is 1.84. The number of carbonyl (C=O) groups excluding carboxylic acids is 2. The topological polar surface area (TPSA) is 67.2 Å². The molecule has 3 rings (SSSR count). The Bertz CT molecular complexity index is 756. The Morgan fingerprint density at radius 1 is 1.40 bits per heavy atom. The zero-order valence-corrected chi connectivity index (χ0v) is 15.4. The number of carbonyl (C=O) groups is 2. The van der Waals surface area contributed by atoms with Crippen LogP contribution < -0.4 is 5.32 Å². The first-order valence-electron chi connectivity index (χ1n) is 8.16. The molecule has 1 aliphatic heterocycles. The Morgan fingerprint density at radius 3 is 2.72 bits per heavy atom. The molecular weight excluding hydrogens is 336 g/mol. The molecule has 6 nitrogen and oxygen atoms in total. The minimum Gasteiger partial charge on any atom is -0.342 e. The van der Waals surface area contributed by atoms with Crippen molar-refractivity contribution in [3.8, 4) is 5.69 Å². The van der Waals surface area contributed by atoms with E-state index in [2.05, 4.69) is 10.4 Å². The average Bonchev–Trinajstić information content (AvgIpc) is 3.12. The van der Waals surface area contributed by atoms with E-state index in [1.54, 1.807) is 22.8 Å². The van der Waals surface area contributed by atoms with E-state index in [-0.39, 0.29) is 11.8 Å². The molecule has 0 radical (unpaired) electrons. The van der Waals surface area contributed by atoms with Gasteiger partial charge in [-0.15, -0.1) is 11.8 Å². The third-order valence-corrected chi connectivity index (χ3v) is 5.67. The zero-order chi connectivity index (χ0) is 18.0. The van der Waals surface area contributed by atoms with Gasteiger partial charge in [0.1, 0.15) is 6.04 Å². The van der Waals surface area contributed by atoms with E-state index in [1.165, 1.54) is 11.8 Å². The van der Waals surface area contributed by atoms with E-state index in [9.17, 15) is 9.59 Å². The van der Waals surface area contributed by atoms with Gasteiger partial charge in [-0.05, 0) is 37.6 Å². The molecule has 1 unspecified atom stereocenters. The van der Waals surface area contributed by atoms with Gasteiger partial charge in [0, 0.05) is 31.7 Å². The Balaban J connectivity index is 1.61. The van der Waals surface area contributed by atoms with Gasteiger partial charge >= 0.3 is 0 Å². The fourth-order valence-corrected chi connectivity index (χ4v) is 3.66. The van der Waals surface area contributed by atoms with Crippen LogP contribution in [0.1, 0.15) is 19.4 Å². The first kappa shape index (κ1) is 17.5. The lowest BCUT2D eigenvalue weighted by atomic mass is 10.1. The highest BCUT2D eigenvalue weighted by Crippen LogP contribution is 2.29. The molecule has 132 valence electrons. The van der Waals surface area contributed by atoms with Gasteiger partial charge in [-0.25, -0.2) is 4.68 Å². The summed E-state index contributed by atoms with van der Waals surface area (Å²) >= 11 is 1.52. The quantitative estimate of drug-likeness (QED) is 0.906. The van der Waals surface area contributed by atoms with Crippen LogP contribution in [0.5, 0.6) is 0 Å². The van der Waals surface area contributed by atoms with Gasteiger partial charge in [0.25, 0.3) is 0 Å². The lowest BCUT2D eigenvalue weighted by Gasteiger charge is -2.34. The fraction of sp³-hybridized carbons (Fsp3) is 0.389. The number of nitrogens with one attached hydrogen (secondary N) is 1. The molecule has 1 aromatic heterocycles. The number of benzene rings is 1. The second kappa shape index (κ2) is 6.92. The number of rotatable bonds is 4. The van der Waals surface area contributed by atoms with Gasteiger partial charge in [-0.1, -0.05) is 12.1 Å². The number of amides is 2. The van der Waals surface area contributed by atoms with Crippen molar-refractivity contribution in [3.63, 3.8) is 0 Å². The van der Waals surface area contributed by atoms with Gasteiger partial charge < -0.3 is 10.2 Å². The van der Waals surface area contributed by atoms with Crippen LogP contribution in [-0.4, -0.2) is 50.1 Å². The summed E-state index contributed by atoms with van der Waals surface area (Å²) < 4.78 is 1.31. The third kappa shape index (κ3) is 3.87. The SMILES string of the molecule is CN(Cc1ccc(-n2cccn2)cc1)C(=O)C1CSC(C)(C)C(=O)N1. The molecule has 1 aromatic carbocycles. The predicted molar refractivity (Wildman–Crippen MR) is 98.5 cm³/mol. The van der Waals surface area contributed by atoms with Gasteiger partial charge in [-0.3, -0.25) is 9.59 Å². The molecule has 1 saturated heterocycles. The molecule has 2 aromatic rings. The van der Waals surface area contributed by atoms with Crippen LogP contribution in [0.2, 0.25) is 0 Å². The van der Waals surface area contributed by atoms with E-state index in [1.807, 2.05) is 50.4 Å². The maximum absolute atomic E-state index is 12.6. The van der Waals surface area contributed by atoms with Crippen LogP contribution in [0.25, 0.3) is 5.69 Å². The van der Waals surface area contributed by atoms with E-state index >= 15 is 0 Å². The molecule has 2 amide bonds. The Morgan fingerprint density at radius 2 is 2.12 bits per heavy atom. The summed E-state index contributed by atoms with van der Waals surface area (Å²) in [4.78, 5) is 26.3. The van der Waals surface area contributed by atoms with Crippen LogP contribution >= 0.6 is 11.8 Å². The Labute approximate surface area is 151 Å². The number of hydrogen-bond acceptors (Lipinski definition) is 4. The highest BCUT2D eigenvalue weighted by Gasteiger charge is 2.38. The number of likely N-dealkylation sites (N-methyl/N-ethyl adjacent to an activating group) is 1. The Hall–Kier alpha value is -2.28. The molecule has 2 heterocycles. The van der Waals surface area contributed by atoms with Crippen molar-refractivity contribution < 1.29 is 9.59 Å². The summed E-state index contributed by atoms with van der Waals surface area (Å²) in [7, 11) is 1.76. The zero-order valence-electron chi connectivity index (χ0n) is 14.6.